The van der Waals surface area contributed by atoms with E-state index in [4.69, 9.17) is 16.7 Å². The Morgan fingerprint density at radius 2 is 1.86 bits per heavy atom. The molecule has 0 aliphatic heterocycles. The molecule has 1 heterocycles. The van der Waals surface area contributed by atoms with Gasteiger partial charge in [0, 0.05) is 5.02 Å². The van der Waals surface area contributed by atoms with Gasteiger partial charge >= 0.3 is 29.6 Å². The summed E-state index contributed by atoms with van der Waals surface area (Å²) in [6.07, 6.45) is 2.91. The Morgan fingerprint density at radius 3 is 2.36 bits per heavy atom. The fraction of sp³-hybridized carbons (Fsp3) is 0. The second-order valence-corrected chi connectivity index (χ2v) is 3.06. The summed E-state index contributed by atoms with van der Waals surface area (Å²) in [5.41, 5.74) is 0.865. The van der Waals surface area contributed by atoms with Gasteiger partial charge in [0.25, 0.3) is 0 Å². The van der Waals surface area contributed by atoms with E-state index in [2.05, 4.69) is 5.10 Å². The van der Waals surface area contributed by atoms with Crippen LogP contribution in [0.4, 0.5) is 0 Å². The topological polar surface area (TPSA) is 38.1 Å². The van der Waals surface area contributed by atoms with Gasteiger partial charge in [-0.2, -0.15) is 5.10 Å². The molecular formula is C9H8ClN2NaO. The molecule has 5 heteroatoms. The molecule has 2 rings (SSSR count). The molecule has 0 amide bonds. The van der Waals surface area contributed by atoms with Gasteiger partial charge in [0.15, 0.2) is 5.75 Å². The first-order valence-electron chi connectivity index (χ1n) is 3.75. The van der Waals surface area contributed by atoms with Gasteiger partial charge in [-0.05, 0) is 24.3 Å². The molecule has 0 atom stereocenters. The van der Waals surface area contributed by atoms with Crippen molar-refractivity contribution < 1.29 is 5.11 Å². The van der Waals surface area contributed by atoms with Crippen LogP contribution in [0.5, 0.6) is 5.75 Å². The first kappa shape index (κ1) is 11.6. The van der Waals surface area contributed by atoms with Crippen molar-refractivity contribution in [1.29, 1.82) is 0 Å². The Hall–Kier alpha value is -0.480. The molecule has 1 aromatic carbocycles. The minimum atomic E-state index is 0. The van der Waals surface area contributed by atoms with E-state index in [0.29, 0.717) is 5.02 Å². The average molecular weight is 219 g/mol. The van der Waals surface area contributed by atoms with Gasteiger partial charge in [0.1, 0.15) is 0 Å². The van der Waals surface area contributed by atoms with Gasteiger partial charge in [-0.15, -0.1) is 0 Å². The zero-order valence-electron chi connectivity index (χ0n) is 6.68. The van der Waals surface area contributed by atoms with E-state index in [1.165, 1.54) is 12.4 Å². The molecule has 14 heavy (non-hydrogen) atoms. The van der Waals surface area contributed by atoms with E-state index >= 15 is 0 Å². The van der Waals surface area contributed by atoms with Crippen molar-refractivity contribution in [1.82, 2.24) is 9.78 Å². The molecular weight excluding hydrogens is 211 g/mol. The fourth-order valence-electron chi connectivity index (χ4n) is 1.05. The summed E-state index contributed by atoms with van der Waals surface area (Å²) in [5, 5.41) is 13.7. The predicted molar refractivity (Wildman–Crippen MR) is 57.4 cm³/mol. The summed E-state index contributed by atoms with van der Waals surface area (Å²) < 4.78 is 1.58. The summed E-state index contributed by atoms with van der Waals surface area (Å²) in [7, 11) is 0. The van der Waals surface area contributed by atoms with E-state index in [1.54, 1.807) is 16.8 Å². The van der Waals surface area contributed by atoms with E-state index in [0.717, 1.165) is 5.69 Å². The van der Waals surface area contributed by atoms with Gasteiger partial charge in [-0.1, -0.05) is 11.6 Å². The molecule has 68 valence electrons. The van der Waals surface area contributed by atoms with E-state index in [1.807, 2.05) is 12.1 Å². The summed E-state index contributed by atoms with van der Waals surface area (Å²) >= 11 is 5.73. The normalized spacial score (nSPS) is 9.50. The molecule has 0 bridgehead atoms. The third-order valence-electron chi connectivity index (χ3n) is 1.66. The molecule has 0 saturated carbocycles. The molecule has 0 fully saturated rings. The van der Waals surface area contributed by atoms with E-state index in [-0.39, 0.29) is 35.3 Å². The van der Waals surface area contributed by atoms with Crippen molar-refractivity contribution in [2.24, 2.45) is 0 Å². The first-order valence-corrected chi connectivity index (χ1v) is 4.13. The molecule has 0 radical (unpaired) electrons. The summed E-state index contributed by atoms with van der Waals surface area (Å²) in [6.45, 7) is 0. The number of aromatic nitrogens is 2. The second kappa shape index (κ2) is 4.84. The van der Waals surface area contributed by atoms with Crippen molar-refractivity contribution in [3.05, 3.63) is 41.7 Å². The van der Waals surface area contributed by atoms with Crippen molar-refractivity contribution in [2.45, 2.75) is 0 Å². The monoisotopic (exact) mass is 218 g/mol. The SMILES string of the molecule is Oc1cnn(-c2ccc(Cl)cc2)c1.[NaH]. The first-order chi connectivity index (χ1) is 6.25. The standard InChI is InChI=1S/C9H7ClN2O.Na.H/c10-7-1-3-8(4-2-7)12-6-9(13)5-11-12;;/h1-6,13H;;. The second-order valence-electron chi connectivity index (χ2n) is 2.62. The van der Waals surface area contributed by atoms with Crippen LogP contribution in [-0.2, 0) is 0 Å². The summed E-state index contributed by atoms with van der Waals surface area (Å²) in [6, 6.07) is 7.20. The minimum absolute atomic E-state index is 0. The summed E-state index contributed by atoms with van der Waals surface area (Å²) in [5.74, 6) is 0.148. The van der Waals surface area contributed by atoms with Crippen LogP contribution in [0.25, 0.3) is 5.69 Å². The fourth-order valence-corrected chi connectivity index (χ4v) is 1.17. The van der Waals surface area contributed by atoms with E-state index < -0.39 is 0 Å². The van der Waals surface area contributed by atoms with Crippen LogP contribution in [0, 0.1) is 0 Å². The Balaban J connectivity index is 0.000000980. The zero-order chi connectivity index (χ0) is 9.26. The van der Waals surface area contributed by atoms with Gasteiger partial charge in [0.2, 0.25) is 0 Å². The predicted octanol–water partition coefficient (Wildman–Crippen LogP) is 1.58. The molecule has 0 aliphatic carbocycles. The van der Waals surface area contributed by atoms with Crippen LogP contribution < -0.4 is 0 Å². The average Bonchev–Trinajstić information content (AvgIpc) is 2.53. The molecule has 3 nitrogen and oxygen atoms in total. The Kier molecular flexibility index (Phi) is 4.01. The Labute approximate surface area is 109 Å². The molecule has 0 saturated heterocycles. The van der Waals surface area contributed by atoms with Gasteiger partial charge < -0.3 is 5.11 Å². The summed E-state index contributed by atoms with van der Waals surface area (Å²) in [4.78, 5) is 0. The van der Waals surface area contributed by atoms with Crippen LogP contribution >= 0.6 is 11.6 Å². The number of rotatable bonds is 1. The molecule has 0 aliphatic rings. The van der Waals surface area contributed by atoms with Gasteiger partial charge in [-0.3, -0.25) is 0 Å². The van der Waals surface area contributed by atoms with Crippen LogP contribution in [0.3, 0.4) is 0 Å². The maximum absolute atomic E-state index is 9.06. The molecule has 2 aromatic rings. The van der Waals surface area contributed by atoms with Crippen molar-refractivity contribution in [3.8, 4) is 11.4 Å². The van der Waals surface area contributed by atoms with Crippen LogP contribution in [0.1, 0.15) is 0 Å². The number of nitrogens with zero attached hydrogens (tertiary/aromatic N) is 2. The number of aromatic hydroxyl groups is 1. The number of hydrogen-bond acceptors (Lipinski definition) is 2. The number of benzene rings is 1. The van der Waals surface area contributed by atoms with Crippen LogP contribution in [0.2, 0.25) is 5.02 Å². The quantitative estimate of drug-likeness (QED) is 0.738. The van der Waals surface area contributed by atoms with Crippen molar-refractivity contribution in [3.63, 3.8) is 0 Å². The number of halogens is 1. The number of hydrogen-bond donors (Lipinski definition) is 1. The van der Waals surface area contributed by atoms with Gasteiger partial charge in [-0.25, -0.2) is 4.68 Å². The third-order valence-corrected chi connectivity index (χ3v) is 1.91. The Bertz CT molecular complexity index is 413. The third kappa shape index (κ3) is 2.51. The van der Waals surface area contributed by atoms with E-state index in [9.17, 15) is 0 Å². The van der Waals surface area contributed by atoms with Crippen LogP contribution in [0.15, 0.2) is 36.7 Å². The molecule has 1 N–H and O–H groups in total. The molecule has 0 unspecified atom stereocenters. The van der Waals surface area contributed by atoms with Crippen molar-refractivity contribution >= 4 is 41.2 Å². The van der Waals surface area contributed by atoms with Crippen molar-refractivity contribution in [2.75, 3.05) is 0 Å². The van der Waals surface area contributed by atoms with Crippen LogP contribution in [-0.4, -0.2) is 44.4 Å². The zero-order valence-corrected chi connectivity index (χ0v) is 7.44. The Morgan fingerprint density at radius 1 is 1.21 bits per heavy atom. The molecule has 1 aromatic heterocycles. The maximum atomic E-state index is 9.06. The molecule has 0 spiro atoms. The van der Waals surface area contributed by atoms with Gasteiger partial charge in [0.05, 0.1) is 18.1 Å².